The van der Waals surface area contributed by atoms with Crippen molar-refractivity contribution in [2.45, 2.75) is 13.8 Å². The second kappa shape index (κ2) is 6.01. The Hall–Kier alpha value is -3.65. The van der Waals surface area contributed by atoms with E-state index in [4.69, 9.17) is 0 Å². The van der Waals surface area contributed by atoms with Crippen LogP contribution in [0.3, 0.4) is 0 Å². The zero-order valence-corrected chi connectivity index (χ0v) is 14.6. The lowest BCUT2D eigenvalue weighted by molar-refractivity contribution is 0.961. The summed E-state index contributed by atoms with van der Waals surface area (Å²) in [5, 5.41) is 15.5. The predicted molar refractivity (Wildman–Crippen MR) is 103 cm³/mol. The Labute approximate surface area is 152 Å². The van der Waals surface area contributed by atoms with Gasteiger partial charge in [-0.05, 0) is 44.2 Å². The first-order valence-electron chi connectivity index (χ1n) is 8.28. The second-order valence-electron chi connectivity index (χ2n) is 6.15. The van der Waals surface area contributed by atoms with Gasteiger partial charge in [0.2, 0.25) is 0 Å². The normalized spacial score (nSPS) is 12.8. The summed E-state index contributed by atoms with van der Waals surface area (Å²) in [6, 6.07) is 15.5. The number of anilines is 1. The molecule has 0 aliphatic carbocycles. The third kappa shape index (κ3) is 2.32. The SMILES string of the molecule is C=C1c2c(c(C)n(-c3cccc(C#N)c3)c2C)C=NN1c1ccccn1. The smallest absolute Gasteiger partial charge is 0.153 e. The average Bonchev–Trinajstić information content (AvgIpc) is 2.94. The van der Waals surface area contributed by atoms with Crippen molar-refractivity contribution >= 4 is 17.7 Å². The molecule has 2 aromatic heterocycles. The lowest BCUT2D eigenvalue weighted by Gasteiger charge is -2.24. The fourth-order valence-electron chi connectivity index (χ4n) is 3.45. The molecule has 3 aromatic rings. The predicted octanol–water partition coefficient (Wildman–Crippen LogP) is 4.19. The molecule has 0 bridgehead atoms. The molecule has 1 aliphatic rings. The van der Waals surface area contributed by atoms with E-state index < -0.39 is 0 Å². The summed E-state index contributed by atoms with van der Waals surface area (Å²) in [5.41, 5.74) is 6.60. The Balaban J connectivity index is 1.86. The number of hydrogen-bond acceptors (Lipinski definition) is 4. The van der Waals surface area contributed by atoms with Crippen LogP contribution in [0.25, 0.3) is 11.4 Å². The molecule has 5 heteroatoms. The van der Waals surface area contributed by atoms with Gasteiger partial charge in [-0.25, -0.2) is 9.99 Å². The van der Waals surface area contributed by atoms with Crippen LogP contribution in [0.1, 0.15) is 28.1 Å². The zero-order chi connectivity index (χ0) is 18.3. The van der Waals surface area contributed by atoms with Gasteiger partial charge in [0.1, 0.15) is 0 Å². The molecular formula is C21H17N5. The third-order valence-electron chi connectivity index (χ3n) is 4.64. The Kier molecular flexibility index (Phi) is 3.67. The van der Waals surface area contributed by atoms with Gasteiger partial charge in [-0.2, -0.15) is 10.4 Å². The molecule has 1 aromatic carbocycles. The molecule has 0 N–H and O–H groups in total. The van der Waals surface area contributed by atoms with Crippen molar-refractivity contribution in [1.82, 2.24) is 9.55 Å². The molecule has 26 heavy (non-hydrogen) atoms. The molecule has 0 amide bonds. The van der Waals surface area contributed by atoms with Crippen LogP contribution >= 0.6 is 0 Å². The van der Waals surface area contributed by atoms with E-state index in [2.05, 4.69) is 41.1 Å². The van der Waals surface area contributed by atoms with Crippen molar-refractivity contribution in [3.05, 3.63) is 83.3 Å². The number of hydrogen-bond donors (Lipinski definition) is 0. The van der Waals surface area contributed by atoms with E-state index >= 15 is 0 Å². The largest absolute Gasteiger partial charge is 0.317 e. The van der Waals surface area contributed by atoms with Gasteiger partial charge in [-0.1, -0.05) is 18.7 Å². The van der Waals surface area contributed by atoms with Gasteiger partial charge in [0, 0.05) is 34.4 Å². The Morgan fingerprint density at radius 1 is 1.08 bits per heavy atom. The van der Waals surface area contributed by atoms with Crippen LogP contribution in [0.15, 0.2) is 60.3 Å². The Morgan fingerprint density at radius 3 is 2.65 bits per heavy atom. The van der Waals surface area contributed by atoms with Crippen molar-refractivity contribution in [2.75, 3.05) is 5.01 Å². The molecule has 0 atom stereocenters. The molecule has 0 spiro atoms. The highest BCUT2D eigenvalue weighted by Crippen LogP contribution is 2.35. The van der Waals surface area contributed by atoms with Crippen LogP contribution in [0.5, 0.6) is 0 Å². The molecule has 126 valence electrons. The van der Waals surface area contributed by atoms with Crippen LogP contribution in [-0.4, -0.2) is 15.8 Å². The lowest BCUT2D eigenvalue weighted by atomic mass is 10.1. The van der Waals surface area contributed by atoms with Gasteiger partial charge in [0.25, 0.3) is 0 Å². The Morgan fingerprint density at radius 2 is 1.92 bits per heavy atom. The number of nitriles is 1. The molecule has 0 saturated carbocycles. The average molecular weight is 339 g/mol. The lowest BCUT2D eigenvalue weighted by Crippen LogP contribution is -2.20. The first-order valence-corrected chi connectivity index (χ1v) is 8.28. The summed E-state index contributed by atoms with van der Waals surface area (Å²) >= 11 is 0. The topological polar surface area (TPSA) is 57.2 Å². The van der Waals surface area contributed by atoms with E-state index in [9.17, 15) is 5.26 Å². The molecule has 0 saturated heterocycles. The minimum atomic E-state index is 0.635. The summed E-state index contributed by atoms with van der Waals surface area (Å²) in [5.74, 6) is 0.732. The number of hydrazone groups is 1. The van der Waals surface area contributed by atoms with E-state index in [0.29, 0.717) is 5.56 Å². The van der Waals surface area contributed by atoms with Crippen molar-refractivity contribution in [2.24, 2.45) is 5.10 Å². The molecule has 0 fully saturated rings. The van der Waals surface area contributed by atoms with Crippen molar-refractivity contribution in [3.8, 4) is 11.8 Å². The first-order chi connectivity index (χ1) is 12.6. The van der Waals surface area contributed by atoms with Gasteiger partial charge in [0.15, 0.2) is 5.82 Å². The summed E-state index contributed by atoms with van der Waals surface area (Å²) in [7, 11) is 0. The highest BCUT2D eigenvalue weighted by molar-refractivity contribution is 5.98. The number of rotatable bonds is 2. The minimum Gasteiger partial charge on any atom is -0.317 e. The molecule has 1 aliphatic heterocycles. The second-order valence-corrected chi connectivity index (χ2v) is 6.15. The van der Waals surface area contributed by atoms with E-state index in [0.717, 1.165) is 39.7 Å². The van der Waals surface area contributed by atoms with E-state index in [1.165, 1.54) is 0 Å². The number of pyridine rings is 1. The van der Waals surface area contributed by atoms with Crippen LogP contribution in [-0.2, 0) is 0 Å². The fourth-order valence-corrected chi connectivity index (χ4v) is 3.45. The highest BCUT2D eigenvalue weighted by Gasteiger charge is 2.26. The number of nitrogens with zero attached hydrogens (tertiary/aromatic N) is 5. The summed E-state index contributed by atoms with van der Waals surface area (Å²) in [6.07, 6.45) is 3.59. The maximum atomic E-state index is 9.20. The molecule has 3 heterocycles. The maximum Gasteiger partial charge on any atom is 0.153 e. The molecule has 5 nitrogen and oxygen atoms in total. The van der Waals surface area contributed by atoms with E-state index in [-0.39, 0.29) is 0 Å². The molecule has 0 radical (unpaired) electrons. The van der Waals surface area contributed by atoms with Gasteiger partial charge in [-0.3, -0.25) is 0 Å². The molecule has 0 unspecified atom stereocenters. The van der Waals surface area contributed by atoms with Crippen LogP contribution < -0.4 is 5.01 Å². The summed E-state index contributed by atoms with van der Waals surface area (Å²) in [6.45, 7) is 8.38. The summed E-state index contributed by atoms with van der Waals surface area (Å²) < 4.78 is 2.14. The number of aromatic nitrogens is 2. The quantitative estimate of drug-likeness (QED) is 0.703. The van der Waals surface area contributed by atoms with Gasteiger partial charge < -0.3 is 4.57 Å². The van der Waals surface area contributed by atoms with Gasteiger partial charge in [0.05, 0.1) is 23.5 Å². The highest BCUT2D eigenvalue weighted by atomic mass is 15.5. The summed E-state index contributed by atoms with van der Waals surface area (Å²) in [4.78, 5) is 4.37. The number of fused-ring (bicyclic) bond motifs is 1. The molecular weight excluding hydrogens is 322 g/mol. The monoisotopic (exact) mass is 339 g/mol. The maximum absolute atomic E-state index is 9.20. The van der Waals surface area contributed by atoms with Crippen LogP contribution in [0.2, 0.25) is 0 Å². The van der Waals surface area contributed by atoms with Crippen molar-refractivity contribution < 1.29 is 0 Å². The molecule has 4 rings (SSSR count). The van der Waals surface area contributed by atoms with Crippen LogP contribution in [0, 0.1) is 25.2 Å². The van der Waals surface area contributed by atoms with Gasteiger partial charge in [-0.15, -0.1) is 0 Å². The minimum absolute atomic E-state index is 0.635. The van der Waals surface area contributed by atoms with E-state index in [1.54, 1.807) is 17.3 Å². The standard InChI is InChI=1S/C21H17N5/c1-14-19-13-24-26(20-9-4-5-10-23-20)16(3)21(19)15(2)25(14)18-8-6-7-17(11-18)12-22/h4-11,13H,3H2,1-2H3. The third-order valence-corrected chi connectivity index (χ3v) is 4.64. The fraction of sp³-hybridized carbons (Fsp3) is 0.0952. The van der Waals surface area contributed by atoms with Crippen molar-refractivity contribution in [1.29, 1.82) is 5.26 Å². The first kappa shape index (κ1) is 15.9. The van der Waals surface area contributed by atoms with Gasteiger partial charge >= 0.3 is 0 Å². The Bertz CT molecular complexity index is 1080. The van der Waals surface area contributed by atoms with Crippen molar-refractivity contribution in [3.63, 3.8) is 0 Å². The van der Waals surface area contributed by atoms with E-state index in [1.807, 2.05) is 42.6 Å². The zero-order valence-electron chi connectivity index (χ0n) is 14.6. The van der Waals surface area contributed by atoms with Crippen LogP contribution in [0.4, 0.5) is 5.82 Å². The number of benzene rings is 1.